The van der Waals surface area contributed by atoms with Crippen LogP contribution in [0.25, 0.3) is 0 Å². The first-order chi connectivity index (χ1) is 12.8. The Morgan fingerprint density at radius 3 is 2.56 bits per heavy atom. The van der Waals surface area contributed by atoms with Gasteiger partial charge in [0.25, 0.3) is 5.91 Å². The molecule has 0 spiro atoms. The Labute approximate surface area is 164 Å². The highest BCUT2D eigenvalue weighted by Crippen LogP contribution is 2.28. The maximum Gasteiger partial charge on any atom is 0.311 e. The van der Waals surface area contributed by atoms with Crippen LogP contribution in [-0.2, 0) is 4.79 Å². The second-order valence-electron chi connectivity index (χ2n) is 5.64. The van der Waals surface area contributed by atoms with Crippen LogP contribution >= 0.6 is 15.9 Å². The summed E-state index contributed by atoms with van der Waals surface area (Å²) in [5, 5.41) is 14.8. The van der Waals surface area contributed by atoms with Crippen LogP contribution in [-0.4, -0.2) is 30.8 Å². The van der Waals surface area contributed by atoms with Crippen molar-refractivity contribution in [3.63, 3.8) is 0 Å². The predicted molar refractivity (Wildman–Crippen MR) is 104 cm³/mol. The molecule has 8 nitrogen and oxygen atoms in total. The fraction of sp³-hybridized carbons (Fsp3) is 0.222. The van der Waals surface area contributed by atoms with E-state index < -0.39 is 10.8 Å². The molecule has 0 aliphatic heterocycles. The zero-order valence-electron chi connectivity index (χ0n) is 15.0. The fourth-order valence-corrected chi connectivity index (χ4v) is 3.09. The van der Waals surface area contributed by atoms with Gasteiger partial charge in [0.15, 0.2) is 12.4 Å². The first kappa shape index (κ1) is 20.4. The van der Waals surface area contributed by atoms with Gasteiger partial charge in [-0.05, 0) is 49.2 Å². The van der Waals surface area contributed by atoms with Crippen molar-refractivity contribution in [2.45, 2.75) is 13.8 Å². The molecule has 1 N–H and O–H groups in total. The van der Waals surface area contributed by atoms with E-state index in [-0.39, 0.29) is 18.0 Å². The second kappa shape index (κ2) is 9.13. The molecule has 0 aliphatic carbocycles. The number of nitro benzene ring substituents is 1. The van der Waals surface area contributed by atoms with Crippen molar-refractivity contribution in [3.8, 4) is 11.5 Å². The van der Waals surface area contributed by atoms with Gasteiger partial charge in [-0.25, -0.2) is 5.43 Å². The minimum Gasteiger partial charge on any atom is -0.490 e. The highest BCUT2D eigenvalue weighted by atomic mass is 79.9. The van der Waals surface area contributed by atoms with Gasteiger partial charge >= 0.3 is 5.69 Å². The molecule has 0 heterocycles. The molecule has 0 saturated carbocycles. The van der Waals surface area contributed by atoms with Crippen LogP contribution in [0.3, 0.4) is 0 Å². The van der Waals surface area contributed by atoms with Gasteiger partial charge in [0, 0.05) is 16.1 Å². The molecule has 2 aromatic rings. The molecule has 0 atom stereocenters. The number of nitrogens with zero attached hydrogens (tertiary/aromatic N) is 2. The summed E-state index contributed by atoms with van der Waals surface area (Å²) >= 11 is 3.40. The van der Waals surface area contributed by atoms with Crippen LogP contribution < -0.4 is 14.9 Å². The van der Waals surface area contributed by atoms with Gasteiger partial charge in [-0.3, -0.25) is 14.9 Å². The average molecular weight is 436 g/mol. The number of hydrazone groups is 1. The molecule has 9 heteroatoms. The highest BCUT2D eigenvalue weighted by molar-refractivity contribution is 9.10. The van der Waals surface area contributed by atoms with Crippen molar-refractivity contribution < 1.29 is 19.2 Å². The van der Waals surface area contributed by atoms with Crippen molar-refractivity contribution in [1.29, 1.82) is 0 Å². The first-order valence-electron chi connectivity index (χ1n) is 7.85. The number of ether oxygens (including phenoxy) is 2. The second-order valence-corrected chi connectivity index (χ2v) is 6.55. The third-order valence-corrected chi connectivity index (χ3v) is 4.03. The lowest BCUT2D eigenvalue weighted by molar-refractivity contribution is -0.385. The van der Waals surface area contributed by atoms with Gasteiger partial charge < -0.3 is 9.47 Å². The standard InChI is InChI=1S/C18H18BrN3O5/c1-11-6-14(19)7-12(2)18(11)27-10-17(23)21-20-9-13-4-5-16(26-3)15(8-13)22(24)25/h4-9H,10H2,1-3H3,(H,21,23)/b20-9+. The van der Waals surface area contributed by atoms with Crippen LogP contribution in [0.5, 0.6) is 11.5 Å². The number of nitrogens with one attached hydrogen (secondary N) is 1. The molecule has 0 radical (unpaired) electrons. The van der Waals surface area contributed by atoms with Crippen LogP contribution in [0.4, 0.5) is 5.69 Å². The molecule has 0 aromatic heterocycles. The van der Waals surface area contributed by atoms with Crippen molar-refractivity contribution >= 4 is 33.7 Å². The highest BCUT2D eigenvalue weighted by Gasteiger charge is 2.14. The maximum atomic E-state index is 11.9. The number of rotatable bonds is 7. The number of methoxy groups -OCH3 is 1. The van der Waals surface area contributed by atoms with E-state index in [1.807, 2.05) is 26.0 Å². The van der Waals surface area contributed by atoms with Crippen LogP contribution in [0.1, 0.15) is 16.7 Å². The number of aryl methyl sites for hydroxylation is 2. The van der Waals surface area contributed by atoms with Gasteiger partial charge in [0.05, 0.1) is 18.2 Å². The maximum absolute atomic E-state index is 11.9. The molecule has 0 unspecified atom stereocenters. The minimum atomic E-state index is -0.550. The van der Waals surface area contributed by atoms with Crippen molar-refractivity contribution in [2.75, 3.05) is 13.7 Å². The van der Waals surface area contributed by atoms with E-state index in [9.17, 15) is 14.9 Å². The van der Waals surface area contributed by atoms with Crippen molar-refractivity contribution in [3.05, 3.63) is 61.6 Å². The van der Waals surface area contributed by atoms with Crippen molar-refractivity contribution in [1.82, 2.24) is 5.43 Å². The SMILES string of the molecule is COc1ccc(/C=N/NC(=O)COc2c(C)cc(Br)cc2C)cc1[N+](=O)[O-]. The molecule has 27 heavy (non-hydrogen) atoms. The van der Waals surface area contributed by atoms with Gasteiger partial charge in [-0.15, -0.1) is 0 Å². The summed E-state index contributed by atoms with van der Waals surface area (Å²) in [6, 6.07) is 8.15. The third-order valence-electron chi connectivity index (χ3n) is 3.58. The summed E-state index contributed by atoms with van der Waals surface area (Å²) in [6.45, 7) is 3.57. The van der Waals surface area contributed by atoms with Crippen LogP contribution in [0.2, 0.25) is 0 Å². The van der Waals surface area contributed by atoms with Gasteiger partial charge in [-0.1, -0.05) is 15.9 Å². The predicted octanol–water partition coefficient (Wildman–Crippen LogP) is 3.51. The summed E-state index contributed by atoms with van der Waals surface area (Å²) in [4.78, 5) is 22.3. The van der Waals surface area contributed by atoms with E-state index in [2.05, 4.69) is 26.5 Å². The number of hydrogen-bond acceptors (Lipinski definition) is 6. The van der Waals surface area contributed by atoms with E-state index >= 15 is 0 Å². The first-order valence-corrected chi connectivity index (χ1v) is 8.65. The van der Waals surface area contributed by atoms with E-state index in [0.29, 0.717) is 11.3 Å². The lowest BCUT2D eigenvalue weighted by atomic mass is 10.1. The number of halogens is 1. The smallest absolute Gasteiger partial charge is 0.311 e. The van der Waals surface area contributed by atoms with Gasteiger partial charge in [-0.2, -0.15) is 5.10 Å². The minimum absolute atomic E-state index is 0.148. The Kier molecular flexibility index (Phi) is 6.89. The summed E-state index contributed by atoms with van der Waals surface area (Å²) < 4.78 is 11.4. The lowest BCUT2D eigenvalue weighted by Gasteiger charge is -2.11. The molecule has 0 bridgehead atoms. The monoisotopic (exact) mass is 435 g/mol. The molecule has 142 valence electrons. The summed E-state index contributed by atoms with van der Waals surface area (Å²) in [7, 11) is 1.35. The van der Waals surface area contributed by atoms with Crippen LogP contribution in [0.15, 0.2) is 39.9 Å². The Morgan fingerprint density at radius 2 is 1.96 bits per heavy atom. The van der Waals surface area contributed by atoms with Gasteiger partial charge in [0.2, 0.25) is 0 Å². The molecule has 0 saturated heterocycles. The van der Waals surface area contributed by atoms with E-state index in [0.717, 1.165) is 15.6 Å². The average Bonchev–Trinajstić information content (AvgIpc) is 2.60. The molecule has 0 fully saturated rings. The third kappa shape index (κ3) is 5.52. The van der Waals surface area contributed by atoms with E-state index in [1.165, 1.54) is 25.5 Å². The molecule has 2 rings (SSSR count). The quantitative estimate of drug-likeness (QED) is 0.407. The largest absolute Gasteiger partial charge is 0.490 e. The topological polar surface area (TPSA) is 103 Å². The molecule has 0 aliphatic rings. The molecular formula is C18H18BrN3O5. The Bertz CT molecular complexity index is 876. The van der Waals surface area contributed by atoms with Crippen LogP contribution in [0, 0.1) is 24.0 Å². The zero-order chi connectivity index (χ0) is 20.0. The van der Waals surface area contributed by atoms with Gasteiger partial charge in [0.1, 0.15) is 5.75 Å². The number of carbonyl (C=O) groups is 1. The Balaban J connectivity index is 1.96. The zero-order valence-corrected chi connectivity index (χ0v) is 16.6. The summed E-state index contributed by atoms with van der Waals surface area (Å²) in [5.74, 6) is 0.342. The van der Waals surface area contributed by atoms with E-state index in [4.69, 9.17) is 9.47 Å². The molecular weight excluding hydrogens is 418 g/mol. The van der Waals surface area contributed by atoms with Crippen molar-refractivity contribution in [2.24, 2.45) is 5.10 Å². The summed E-state index contributed by atoms with van der Waals surface area (Å²) in [5.41, 5.74) is 4.40. The lowest BCUT2D eigenvalue weighted by Crippen LogP contribution is -2.25. The normalized spacial score (nSPS) is 10.7. The molecule has 1 amide bonds. The fourth-order valence-electron chi connectivity index (χ4n) is 2.40. The molecule has 2 aromatic carbocycles. The van der Waals surface area contributed by atoms with E-state index in [1.54, 1.807) is 6.07 Å². The Hall–Kier alpha value is -2.94. The number of amides is 1. The summed E-state index contributed by atoms with van der Waals surface area (Å²) in [6.07, 6.45) is 1.31. The number of benzene rings is 2. The number of nitro groups is 1. The number of carbonyl (C=O) groups excluding carboxylic acids is 1. The number of hydrogen-bond donors (Lipinski definition) is 1. The Morgan fingerprint density at radius 1 is 1.30 bits per heavy atom.